The van der Waals surface area contributed by atoms with Crippen LogP contribution in [0.3, 0.4) is 0 Å². The van der Waals surface area contributed by atoms with Crippen molar-refractivity contribution in [3.05, 3.63) is 17.9 Å². The number of thioether (sulfide) groups is 1. The minimum atomic E-state index is -4.39. The van der Waals surface area contributed by atoms with Crippen molar-refractivity contribution in [3.63, 3.8) is 0 Å². The number of rotatable bonds is 6. The Morgan fingerprint density at radius 2 is 2.06 bits per heavy atom. The van der Waals surface area contributed by atoms with E-state index < -0.39 is 33.0 Å². The fourth-order valence-electron chi connectivity index (χ4n) is 1.00. The van der Waals surface area contributed by atoms with Gasteiger partial charge >= 0.3 is 5.51 Å². The summed E-state index contributed by atoms with van der Waals surface area (Å²) in [4.78, 5) is 0. The van der Waals surface area contributed by atoms with E-state index in [-0.39, 0.29) is 24.1 Å². The number of aliphatic hydroxyl groups excluding tert-OH is 1. The lowest BCUT2D eigenvalue weighted by atomic mass is 10.5. The van der Waals surface area contributed by atoms with Gasteiger partial charge in [0.05, 0.1) is 0 Å². The maximum absolute atomic E-state index is 11.8. The molecule has 0 saturated carbocycles. The molecule has 0 saturated heterocycles. The summed E-state index contributed by atoms with van der Waals surface area (Å²) in [6.45, 7) is -0.832. The van der Waals surface area contributed by atoms with Crippen LogP contribution in [-0.4, -0.2) is 31.3 Å². The quantitative estimate of drug-likeness (QED) is 0.775. The summed E-state index contributed by atoms with van der Waals surface area (Å²) in [5.74, 6) is -0.379. The first-order valence-electron chi connectivity index (χ1n) is 4.64. The first kappa shape index (κ1) is 15.3. The summed E-state index contributed by atoms with van der Waals surface area (Å²) in [6.07, 6.45) is 0. The Morgan fingerprint density at radius 1 is 1.39 bits per heavy atom. The third-order valence-electron chi connectivity index (χ3n) is 1.72. The zero-order chi connectivity index (χ0) is 13.8. The summed E-state index contributed by atoms with van der Waals surface area (Å²) in [6, 6.07) is 2.38. The van der Waals surface area contributed by atoms with Gasteiger partial charge in [0.1, 0.15) is 12.4 Å². The van der Waals surface area contributed by atoms with E-state index >= 15 is 0 Å². The molecule has 0 aliphatic heterocycles. The molecule has 0 spiro atoms. The van der Waals surface area contributed by atoms with Gasteiger partial charge < -0.3 is 9.52 Å². The van der Waals surface area contributed by atoms with Gasteiger partial charge in [-0.1, -0.05) is 0 Å². The second-order valence-corrected chi connectivity index (χ2v) is 5.93. The van der Waals surface area contributed by atoms with Crippen LogP contribution in [0.2, 0.25) is 0 Å². The number of furan rings is 1. The van der Waals surface area contributed by atoms with Gasteiger partial charge in [-0.05, 0) is 23.9 Å². The predicted molar refractivity (Wildman–Crippen MR) is 58.3 cm³/mol. The van der Waals surface area contributed by atoms with Crippen molar-refractivity contribution in [2.75, 3.05) is 12.3 Å². The summed E-state index contributed by atoms with van der Waals surface area (Å²) < 4.78 is 65.1. The van der Waals surface area contributed by atoms with Crippen LogP contribution in [0.4, 0.5) is 13.2 Å². The Balaban J connectivity index is 2.50. The summed E-state index contributed by atoms with van der Waals surface area (Å²) >= 11 is -0.318. The normalized spacial score (nSPS) is 12.9. The van der Waals surface area contributed by atoms with E-state index in [2.05, 4.69) is 0 Å². The summed E-state index contributed by atoms with van der Waals surface area (Å²) in [7, 11) is -3.98. The van der Waals surface area contributed by atoms with Crippen LogP contribution in [-0.2, 0) is 16.6 Å². The lowest BCUT2D eigenvalue weighted by molar-refractivity contribution is -0.0327. The van der Waals surface area contributed by atoms with E-state index in [0.717, 1.165) is 6.07 Å². The third-order valence-corrected chi connectivity index (χ3v) is 3.79. The third kappa shape index (κ3) is 4.88. The maximum Gasteiger partial charge on any atom is 0.441 e. The number of halogens is 3. The lowest BCUT2D eigenvalue weighted by Gasteiger charge is -2.06. The zero-order valence-corrected chi connectivity index (χ0v) is 10.5. The smallest absolute Gasteiger partial charge is 0.441 e. The van der Waals surface area contributed by atoms with Gasteiger partial charge in [0.25, 0.3) is 10.0 Å². The Kier molecular flexibility index (Phi) is 5.08. The Labute approximate surface area is 105 Å². The van der Waals surface area contributed by atoms with Gasteiger partial charge in [-0.3, -0.25) is 0 Å². The highest BCUT2D eigenvalue weighted by atomic mass is 32.2. The topological polar surface area (TPSA) is 79.5 Å². The number of hydrogen-bond acceptors (Lipinski definition) is 5. The number of nitrogens with one attached hydrogen (secondary N) is 1. The number of aliphatic hydroxyl groups is 1. The van der Waals surface area contributed by atoms with E-state index in [4.69, 9.17) is 9.52 Å². The van der Waals surface area contributed by atoms with Crippen molar-refractivity contribution in [2.24, 2.45) is 0 Å². The van der Waals surface area contributed by atoms with Crippen LogP contribution < -0.4 is 4.72 Å². The maximum atomic E-state index is 11.8. The van der Waals surface area contributed by atoms with E-state index in [9.17, 15) is 21.6 Å². The molecule has 0 amide bonds. The van der Waals surface area contributed by atoms with Crippen molar-refractivity contribution in [3.8, 4) is 0 Å². The molecule has 0 aliphatic rings. The van der Waals surface area contributed by atoms with Gasteiger partial charge in [-0.25, -0.2) is 13.1 Å². The average molecular weight is 305 g/mol. The molecule has 1 heterocycles. The Morgan fingerprint density at radius 3 is 2.56 bits per heavy atom. The second kappa shape index (κ2) is 5.95. The molecular weight excluding hydrogens is 295 g/mol. The largest absolute Gasteiger partial charge is 0.446 e. The molecule has 0 bridgehead atoms. The van der Waals surface area contributed by atoms with Crippen LogP contribution in [0.5, 0.6) is 0 Å². The zero-order valence-electron chi connectivity index (χ0n) is 8.90. The summed E-state index contributed by atoms with van der Waals surface area (Å²) in [5, 5.41) is 8.24. The first-order chi connectivity index (χ1) is 8.24. The fraction of sp³-hybridized carbons (Fsp3) is 0.500. The molecule has 0 aliphatic carbocycles. The molecule has 0 atom stereocenters. The minimum absolute atomic E-state index is 0.0556. The van der Waals surface area contributed by atoms with Crippen molar-refractivity contribution >= 4 is 21.8 Å². The van der Waals surface area contributed by atoms with E-state index in [1.165, 1.54) is 6.07 Å². The molecule has 104 valence electrons. The standard InChI is InChI=1S/C8H10F3NO4S2/c9-8(10,11)17-4-3-12-18(14,15)7-2-1-6(5-13)16-7/h1-2,12-13H,3-5H2. The van der Waals surface area contributed by atoms with Crippen molar-refractivity contribution < 1.29 is 31.1 Å². The van der Waals surface area contributed by atoms with Gasteiger partial charge in [0.15, 0.2) is 0 Å². The lowest BCUT2D eigenvalue weighted by Crippen LogP contribution is -2.26. The number of hydrogen-bond donors (Lipinski definition) is 2. The van der Waals surface area contributed by atoms with Gasteiger partial charge in [-0.15, -0.1) is 0 Å². The van der Waals surface area contributed by atoms with E-state index in [1.807, 2.05) is 4.72 Å². The molecule has 1 rings (SSSR count). The molecular formula is C8H10F3NO4S2. The van der Waals surface area contributed by atoms with E-state index in [0.29, 0.717) is 0 Å². The highest BCUT2D eigenvalue weighted by molar-refractivity contribution is 8.00. The van der Waals surface area contributed by atoms with Crippen LogP contribution in [0, 0.1) is 0 Å². The Hall–Kier alpha value is -0.710. The monoisotopic (exact) mass is 305 g/mol. The minimum Gasteiger partial charge on any atom is -0.446 e. The van der Waals surface area contributed by atoms with Gasteiger partial charge in [0.2, 0.25) is 5.09 Å². The van der Waals surface area contributed by atoms with Crippen LogP contribution in [0.1, 0.15) is 5.76 Å². The molecule has 1 aromatic heterocycles. The molecule has 2 N–H and O–H groups in total. The SMILES string of the molecule is O=S(=O)(NCCSC(F)(F)F)c1ccc(CO)o1. The van der Waals surface area contributed by atoms with Gasteiger partial charge in [-0.2, -0.15) is 13.2 Å². The molecule has 1 aromatic rings. The van der Waals surface area contributed by atoms with Crippen molar-refractivity contribution in [2.45, 2.75) is 17.2 Å². The van der Waals surface area contributed by atoms with E-state index in [1.54, 1.807) is 0 Å². The molecule has 10 heteroatoms. The van der Waals surface area contributed by atoms with Gasteiger partial charge in [0, 0.05) is 12.3 Å². The highest BCUT2D eigenvalue weighted by Gasteiger charge is 2.28. The van der Waals surface area contributed by atoms with Crippen LogP contribution in [0.15, 0.2) is 21.6 Å². The number of sulfonamides is 1. The fourth-order valence-corrected chi connectivity index (χ4v) is 2.54. The molecule has 0 unspecified atom stereocenters. The first-order valence-corrected chi connectivity index (χ1v) is 7.11. The summed E-state index contributed by atoms with van der Waals surface area (Å²) in [5.41, 5.74) is -4.39. The Bertz CT molecular complexity index is 483. The molecule has 18 heavy (non-hydrogen) atoms. The molecule has 0 radical (unpaired) electrons. The second-order valence-electron chi connectivity index (χ2n) is 3.07. The molecule has 0 fully saturated rings. The van der Waals surface area contributed by atoms with Crippen molar-refractivity contribution in [1.29, 1.82) is 0 Å². The van der Waals surface area contributed by atoms with Crippen LogP contribution in [0.25, 0.3) is 0 Å². The average Bonchev–Trinajstić information content (AvgIpc) is 2.72. The predicted octanol–water partition coefficient (Wildman–Crippen LogP) is 1.30. The number of alkyl halides is 3. The molecule has 0 aromatic carbocycles. The molecule has 5 nitrogen and oxygen atoms in total. The highest BCUT2D eigenvalue weighted by Crippen LogP contribution is 2.29. The van der Waals surface area contributed by atoms with Crippen molar-refractivity contribution in [1.82, 2.24) is 4.72 Å². The van der Waals surface area contributed by atoms with Crippen LogP contribution >= 0.6 is 11.8 Å².